The predicted octanol–water partition coefficient (Wildman–Crippen LogP) is 2.10. The Labute approximate surface area is 106 Å². The largest absolute Gasteiger partial charge is 0.422 e. The molecular weight excluding hydrogens is 232 g/mol. The molecule has 1 aromatic rings. The second kappa shape index (κ2) is 5.65. The molecule has 0 aliphatic carbocycles. The third-order valence-electron chi connectivity index (χ3n) is 2.66. The van der Waals surface area contributed by atoms with Crippen molar-refractivity contribution in [3.63, 3.8) is 0 Å². The lowest BCUT2D eigenvalue weighted by Gasteiger charge is -1.99. The van der Waals surface area contributed by atoms with Crippen LogP contribution in [0.3, 0.4) is 0 Å². The van der Waals surface area contributed by atoms with E-state index in [0.717, 1.165) is 13.0 Å². The molecule has 2 heterocycles. The van der Waals surface area contributed by atoms with Crippen LogP contribution in [0.1, 0.15) is 37.8 Å². The van der Waals surface area contributed by atoms with Crippen LogP contribution in [0.2, 0.25) is 0 Å². The van der Waals surface area contributed by atoms with Gasteiger partial charge in [0.1, 0.15) is 6.07 Å². The van der Waals surface area contributed by atoms with Crippen LogP contribution >= 0.6 is 0 Å². The molecule has 96 valence electrons. The number of hydrazone groups is 1. The maximum Gasteiger partial charge on any atom is 0.252 e. The van der Waals surface area contributed by atoms with Gasteiger partial charge in [0.05, 0.1) is 6.61 Å². The van der Waals surface area contributed by atoms with Crippen molar-refractivity contribution in [1.82, 2.24) is 4.98 Å². The molecule has 1 N–H and O–H groups in total. The number of nitrogens with one attached hydrogen (secondary N) is 1. The molecule has 1 aromatic heterocycles. The summed E-state index contributed by atoms with van der Waals surface area (Å²) in [7, 11) is 0. The number of hydrogen-bond donors (Lipinski definition) is 1. The summed E-state index contributed by atoms with van der Waals surface area (Å²) in [5.41, 5.74) is 2.96. The van der Waals surface area contributed by atoms with E-state index in [4.69, 9.17) is 14.4 Å². The Morgan fingerprint density at radius 2 is 2.44 bits per heavy atom. The zero-order valence-corrected chi connectivity index (χ0v) is 10.5. The molecule has 0 spiro atoms. The summed E-state index contributed by atoms with van der Waals surface area (Å²) >= 11 is 0. The van der Waals surface area contributed by atoms with Gasteiger partial charge in [0.25, 0.3) is 5.88 Å². The first-order chi connectivity index (χ1) is 8.70. The van der Waals surface area contributed by atoms with Gasteiger partial charge in [-0.2, -0.15) is 10.4 Å². The molecule has 1 aliphatic rings. The average Bonchev–Trinajstić information content (AvgIpc) is 2.97. The second-order valence-corrected chi connectivity index (χ2v) is 4.51. The van der Waals surface area contributed by atoms with Gasteiger partial charge in [-0.1, -0.05) is 13.8 Å². The van der Waals surface area contributed by atoms with Gasteiger partial charge in [-0.3, -0.25) is 0 Å². The van der Waals surface area contributed by atoms with Gasteiger partial charge in [-0.05, 0) is 6.42 Å². The summed E-state index contributed by atoms with van der Waals surface area (Å²) in [6.45, 7) is 5.38. The number of rotatable bonds is 4. The molecule has 1 unspecified atom stereocenters. The van der Waals surface area contributed by atoms with E-state index in [1.165, 1.54) is 0 Å². The summed E-state index contributed by atoms with van der Waals surface area (Å²) in [5.74, 6) is 1.31. The number of ether oxygens (including phenoxy) is 1. The van der Waals surface area contributed by atoms with Gasteiger partial charge in [0.2, 0.25) is 11.6 Å². The van der Waals surface area contributed by atoms with E-state index in [1.54, 1.807) is 6.21 Å². The molecule has 18 heavy (non-hydrogen) atoms. The first-order valence-electron chi connectivity index (χ1n) is 5.98. The SMILES string of the molecule is CC(C)c1nc(C#N)c(NN=CC2CCOC2)o1. The maximum atomic E-state index is 8.94. The summed E-state index contributed by atoms with van der Waals surface area (Å²) < 4.78 is 10.7. The highest BCUT2D eigenvalue weighted by Crippen LogP contribution is 2.22. The van der Waals surface area contributed by atoms with Crippen molar-refractivity contribution in [3.8, 4) is 6.07 Å². The Hall–Kier alpha value is -1.87. The molecular formula is C12H16N4O2. The number of anilines is 1. The molecule has 1 saturated heterocycles. The van der Waals surface area contributed by atoms with E-state index in [9.17, 15) is 0 Å². The van der Waals surface area contributed by atoms with E-state index < -0.39 is 0 Å². The minimum absolute atomic E-state index is 0.139. The number of oxazole rings is 1. The van der Waals surface area contributed by atoms with Gasteiger partial charge >= 0.3 is 0 Å². The predicted molar refractivity (Wildman–Crippen MR) is 66.3 cm³/mol. The maximum absolute atomic E-state index is 8.94. The van der Waals surface area contributed by atoms with Crippen LogP contribution in [0.5, 0.6) is 0 Å². The highest BCUT2D eigenvalue weighted by molar-refractivity contribution is 5.62. The van der Waals surface area contributed by atoms with Crippen LogP contribution in [-0.4, -0.2) is 24.4 Å². The van der Waals surface area contributed by atoms with Gasteiger partial charge in [-0.15, -0.1) is 0 Å². The van der Waals surface area contributed by atoms with Crippen LogP contribution in [-0.2, 0) is 4.74 Å². The lowest BCUT2D eigenvalue weighted by atomic mass is 10.1. The second-order valence-electron chi connectivity index (χ2n) is 4.51. The average molecular weight is 248 g/mol. The molecule has 6 heteroatoms. The van der Waals surface area contributed by atoms with E-state index >= 15 is 0 Å². The molecule has 0 bridgehead atoms. The molecule has 1 fully saturated rings. The molecule has 2 rings (SSSR count). The van der Waals surface area contributed by atoms with Gasteiger partial charge in [0, 0.05) is 24.7 Å². The van der Waals surface area contributed by atoms with Crippen molar-refractivity contribution in [1.29, 1.82) is 5.26 Å². The number of nitriles is 1. The summed E-state index contributed by atoms with van der Waals surface area (Å²) in [6.07, 6.45) is 2.76. The zero-order chi connectivity index (χ0) is 13.0. The van der Waals surface area contributed by atoms with Crippen LogP contribution in [0, 0.1) is 17.2 Å². The molecule has 6 nitrogen and oxygen atoms in total. The lowest BCUT2D eigenvalue weighted by Crippen LogP contribution is -2.02. The number of aromatic nitrogens is 1. The van der Waals surface area contributed by atoms with E-state index in [1.807, 2.05) is 19.9 Å². The third-order valence-corrected chi connectivity index (χ3v) is 2.66. The topological polar surface area (TPSA) is 83.4 Å². The highest BCUT2D eigenvalue weighted by Gasteiger charge is 2.16. The highest BCUT2D eigenvalue weighted by atomic mass is 16.5. The Kier molecular flexibility index (Phi) is 3.95. The first kappa shape index (κ1) is 12.6. The Morgan fingerprint density at radius 3 is 3.06 bits per heavy atom. The summed E-state index contributed by atoms with van der Waals surface area (Å²) in [4.78, 5) is 4.09. The van der Waals surface area contributed by atoms with Crippen LogP contribution in [0.4, 0.5) is 5.88 Å². The van der Waals surface area contributed by atoms with Crippen molar-refractivity contribution < 1.29 is 9.15 Å². The van der Waals surface area contributed by atoms with E-state index in [0.29, 0.717) is 24.3 Å². The molecule has 1 atom stereocenters. The van der Waals surface area contributed by atoms with Crippen molar-refractivity contribution in [2.75, 3.05) is 18.6 Å². The van der Waals surface area contributed by atoms with Gasteiger partial charge in [-0.25, -0.2) is 10.4 Å². The van der Waals surface area contributed by atoms with Crippen molar-refractivity contribution in [2.45, 2.75) is 26.2 Å². The number of nitrogens with zero attached hydrogens (tertiary/aromatic N) is 3. The van der Waals surface area contributed by atoms with Gasteiger partial charge < -0.3 is 9.15 Å². The van der Waals surface area contributed by atoms with Crippen LogP contribution in [0.25, 0.3) is 0 Å². The Morgan fingerprint density at radius 1 is 1.61 bits per heavy atom. The van der Waals surface area contributed by atoms with Crippen LogP contribution in [0.15, 0.2) is 9.52 Å². The summed E-state index contributed by atoms with van der Waals surface area (Å²) in [5, 5.41) is 13.0. The molecule has 0 aromatic carbocycles. The fraction of sp³-hybridized carbons (Fsp3) is 0.583. The number of hydrogen-bond acceptors (Lipinski definition) is 6. The Balaban J connectivity index is 2.01. The fourth-order valence-electron chi connectivity index (χ4n) is 1.61. The minimum atomic E-state index is 0.139. The smallest absolute Gasteiger partial charge is 0.252 e. The van der Waals surface area contributed by atoms with E-state index in [-0.39, 0.29) is 11.6 Å². The van der Waals surface area contributed by atoms with Crippen molar-refractivity contribution in [2.24, 2.45) is 11.0 Å². The van der Waals surface area contributed by atoms with Gasteiger partial charge in [0.15, 0.2) is 0 Å². The zero-order valence-electron chi connectivity index (χ0n) is 10.5. The molecule has 0 radical (unpaired) electrons. The molecule has 1 aliphatic heterocycles. The normalized spacial score (nSPS) is 19.6. The fourth-order valence-corrected chi connectivity index (χ4v) is 1.61. The molecule has 0 saturated carbocycles. The minimum Gasteiger partial charge on any atom is -0.422 e. The Bertz CT molecular complexity index is 467. The summed E-state index contributed by atoms with van der Waals surface area (Å²) in [6, 6.07) is 1.98. The quantitative estimate of drug-likeness (QED) is 0.651. The first-order valence-corrected chi connectivity index (χ1v) is 5.98. The van der Waals surface area contributed by atoms with Crippen LogP contribution < -0.4 is 5.43 Å². The standard InChI is InChI=1S/C12H16N4O2/c1-8(2)11-15-10(5-13)12(18-11)16-14-6-9-3-4-17-7-9/h6,8-9,16H,3-4,7H2,1-2H3. The molecule has 0 amide bonds. The third kappa shape index (κ3) is 2.87. The van der Waals surface area contributed by atoms with E-state index in [2.05, 4.69) is 15.5 Å². The lowest BCUT2D eigenvalue weighted by molar-refractivity contribution is 0.193. The van der Waals surface area contributed by atoms with Crippen molar-refractivity contribution >= 4 is 12.1 Å². The monoisotopic (exact) mass is 248 g/mol. The van der Waals surface area contributed by atoms with Crippen molar-refractivity contribution in [3.05, 3.63) is 11.6 Å².